The minimum atomic E-state index is -0.546. The van der Waals surface area contributed by atoms with E-state index in [2.05, 4.69) is 12.3 Å². The quantitative estimate of drug-likeness (QED) is 0.503. The number of hydrogen-bond acceptors (Lipinski definition) is 5. The van der Waals surface area contributed by atoms with Gasteiger partial charge in [0.25, 0.3) is 11.6 Å². The second kappa shape index (κ2) is 6.53. The molecule has 0 radical (unpaired) electrons. The van der Waals surface area contributed by atoms with E-state index in [9.17, 15) is 14.9 Å². The van der Waals surface area contributed by atoms with Crippen LogP contribution >= 0.6 is 0 Å². The third-order valence-electron chi connectivity index (χ3n) is 4.08. The molecule has 1 aliphatic heterocycles. The lowest BCUT2D eigenvalue weighted by atomic mass is 9.94. The summed E-state index contributed by atoms with van der Waals surface area (Å²) in [5.74, 6) is 5.76. The van der Waals surface area contributed by atoms with Gasteiger partial charge in [0.05, 0.1) is 4.92 Å². The predicted molar refractivity (Wildman–Crippen MR) is 79.8 cm³/mol. The number of hydrazine groups is 1. The average molecular weight is 292 g/mol. The lowest BCUT2D eigenvalue weighted by Crippen LogP contribution is -2.38. The Morgan fingerprint density at radius 3 is 2.67 bits per heavy atom. The Labute approximate surface area is 123 Å². The molecule has 1 aromatic carbocycles. The van der Waals surface area contributed by atoms with Crippen molar-refractivity contribution in [1.82, 2.24) is 4.90 Å². The third-order valence-corrected chi connectivity index (χ3v) is 4.08. The molecule has 1 saturated heterocycles. The molecule has 0 atom stereocenters. The van der Waals surface area contributed by atoms with E-state index in [-0.39, 0.29) is 17.3 Å². The number of nitrogen functional groups attached to an aromatic ring is 1. The van der Waals surface area contributed by atoms with E-state index < -0.39 is 4.92 Å². The second-order valence-electron chi connectivity index (χ2n) is 5.28. The van der Waals surface area contributed by atoms with Crippen LogP contribution in [0.1, 0.15) is 36.5 Å². The van der Waals surface area contributed by atoms with Crippen molar-refractivity contribution in [3.8, 4) is 0 Å². The zero-order chi connectivity index (χ0) is 15.4. The highest BCUT2D eigenvalue weighted by Crippen LogP contribution is 2.26. The van der Waals surface area contributed by atoms with Crippen molar-refractivity contribution < 1.29 is 9.72 Å². The molecule has 3 N–H and O–H groups in total. The van der Waals surface area contributed by atoms with E-state index >= 15 is 0 Å². The molecule has 0 spiro atoms. The molecule has 1 amide bonds. The Kier molecular flexibility index (Phi) is 4.74. The molecular formula is C14H20N4O3. The summed E-state index contributed by atoms with van der Waals surface area (Å²) in [5, 5.41) is 11.0. The van der Waals surface area contributed by atoms with Crippen molar-refractivity contribution >= 4 is 17.3 Å². The maximum atomic E-state index is 12.4. The molecule has 1 fully saturated rings. The van der Waals surface area contributed by atoms with Crippen molar-refractivity contribution in [1.29, 1.82) is 0 Å². The predicted octanol–water partition coefficient (Wildman–Crippen LogP) is 2.14. The number of rotatable bonds is 4. The van der Waals surface area contributed by atoms with E-state index in [0.29, 0.717) is 24.6 Å². The Hall–Kier alpha value is -2.15. The van der Waals surface area contributed by atoms with Crippen LogP contribution in [-0.4, -0.2) is 28.8 Å². The molecule has 7 nitrogen and oxygen atoms in total. The number of nitrogens with two attached hydrogens (primary N) is 1. The molecule has 21 heavy (non-hydrogen) atoms. The van der Waals surface area contributed by atoms with Gasteiger partial charge >= 0.3 is 0 Å². The number of nitrogens with zero attached hydrogens (tertiary/aromatic N) is 2. The van der Waals surface area contributed by atoms with Gasteiger partial charge < -0.3 is 10.3 Å². The van der Waals surface area contributed by atoms with Crippen LogP contribution in [0.4, 0.5) is 11.4 Å². The zero-order valence-corrected chi connectivity index (χ0v) is 12.0. The van der Waals surface area contributed by atoms with Crippen LogP contribution in [0, 0.1) is 16.0 Å². The summed E-state index contributed by atoms with van der Waals surface area (Å²) in [6.45, 7) is 3.58. The summed E-state index contributed by atoms with van der Waals surface area (Å²) in [4.78, 5) is 24.6. The van der Waals surface area contributed by atoms with Gasteiger partial charge in [-0.25, -0.2) is 0 Å². The Morgan fingerprint density at radius 1 is 1.48 bits per heavy atom. The van der Waals surface area contributed by atoms with Crippen molar-refractivity contribution in [3.05, 3.63) is 33.9 Å². The highest BCUT2D eigenvalue weighted by atomic mass is 16.6. The zero-order valence-electron chi connectivity index (χ0n) is 12.0. The fourth-order valence-corrected chi connectivity index (χ4v) is 2.66. The molecule has 0 bridgehead atoms. The summed E-state index contributed by atoms with van der Waals surface area (Å²) in [7, 11) is 0. The smallest absolute Gasteiger partial charge is 0.294 e. The summed E-state index contributed by atoms with van der Waals surface area (Å²) >= 11 is 0. The first-order valence-electron chi connectivity index (χ1n) is 7.11. The number of piperidine rings is 1. The van der Waals surface area contributed by atoms with Crippen LogP contribution < -0.4 is 11.3 Å². The summed E-state index contributed by atoms with van der Waals surface area (Å²) in [5.41, 5.74) is 2.61. The number of nitrogens with one attached hydrogen (secondary N) is 1. The Morgan fingerprint density at radius 2 is 2.14 bits per heavy atom. The number of amides is 1. The molecule has 1 aromatic rings. The lowest BCUT2D eigenvalue weighted by molar-refractivity contribution is -0.384. The number of anilines is 1. The second-order valence-corrected chi connectivity index (χ2v) is 5.28. The van der Waals surface area contributed by atoms with E-state index in [4.69, 9.17) is 5.84 Å². The number of nitro benzene ring substituents is 1. The van der Waals surface area contributed by atoms with Gasteiger partial charge in [0.2, 0.25) is 0 Å². The standard InChI is InChI=1S/C14H20N4O3/c1-2-10-5-7-17(8-6-10)14(19)11-3-4-12(16-15)13(9-11)18(20)21/h3-4,9-10,16H,2,5-8,15H2,1H3. The van der Waals surface area contributed by atoms with Crippen molar-refractivity contribution in [3.63, 3.8) is 0 Å². The maximum absolute atomic E-state index is 12.4. The number of carbonyl (C=O) groups excluding carboxylic acids is 1. The van der Waals surface area contributed by atoms with Crippen LogP contribution in [-0.2, 0) is 0 Å². The molecular weight excluding hydrogens is 272 g/mol. The highest BCUT2D eigenvalue weighted by Gasteiger charge is 2.24. The van der Waals surface area contributed by atoms with Crippen molar-refractivity contribution in [2.45, 2.75) is 26.2 Å². The summed E-state index contributed by atoms with van der Waals surface area (Å²) in [6.07, 6.45) is 3.11. The highest BCUT2D eigenvalue weighted by molar-refractivity contribution is 5.95. The van der Waals surface area contributed by atoms with Gasteiger partial charge in [0.15, 0.2) is 0 Å². The average Bonchev–Trinajstić information content (AvgIpc) is 2.53. The number of hydrogen-bond donors (Lipinski definition) is 2. The molecule has 0 aliphatic carbocycles. The molecule has 114 valence electrons. The number of likely N-dealkylation sites (tertiary alicyclic amines) is 1. The van der Waals surface area contributed by atoms with Crippen molar-refractivity contribution in [2.75, 3.05) is 18.5 Å². The summed E-state index contributed by atoms with van der Waals surface area (Å²) < 4.78 is 0. The number of benzene rings is 1. The molecule has 7 heteroatoms. The minimum absolute atomic E-state index is 0.156. The number of nitro groups is 1. The van der Waals surface area contributed by atoms with Gasteiger partial charge in [-0.3, -0.25) is 20.8 Å². The third kappa shape index (κ3) is 3.30. The van der Waals surface area contributed by atoms with Crippen LogP contribution in [0.15, 0.2) is 18.2 Å². The van der Waals surface area contributed by atoms with Crippen LogP contribution in [0.5, 0.6) is 0 Å². The van der Waals surface area contributed by atoms with Gasteiger partial charge in [-0.2, -0.15) is 0 Å². The van der Waals surface area contributed by atoms with Crippen molar-refractivity contribution in [2.24, 2.45) is 11.8 Å². The van der Waals surface area contributed by atoms with Crippen LogP contribution in [0.3, 0.4) is 0 Å². The van der Waals surface area contributed by atoms with Crippen LogP contribution in [0.2, 0.25) is 0 Å². The Balaban J connectivity index is 2.16. The largest absolute Gasteiger partial charge is 0.339 e. The molecule has 0 aromatic heterocycles. The fraction of sp³-hybridized carbons (Fsp3) is 0.500. The number of carbonyl (C=O) groups is 1. The van der Waals surface area contributed by atoms with Gasteiger partial charge in [-0.05, 0) is 30.9 Å². The molecule has 0 unspecified atom stereocenters. The van der Waals surface area contributed by atoms with E-state index in [0.717, 1.165) is 19.3 Å². The van der Waals surface area contributed by atoms with Crippen LogP contribution in [0.25, 0.3) is 0 Å². The monoisotopic (exact) mass is 292 g/mol. The fourth-order valence-electron chi connectivity index (χ4n) is 2.66. The molecule has 0 saturated carbocycles. The normalized spacial score (nSPS) is 15.8. The van der Waals surface area contributed by atoms with Gasteiger partial charge in [0.1, 0.15) is 5.69 Å². The first kappa shape index (κ1) is 15.2. The van der Waals surface area contributed by atoms with Gasteiger partial charge in [-0.15, -0.1) is 0 Å². The Bertz CT molecular complexity index is 539. The van der Waals surface area contributed by atoms with Gasteiger partial charge in [0, 0.05) is 24.7 Å². The SMILES string of the molecule is CCC1CCN(C(=O)c2ccc(NN)c([N+](=O)[O-])c2)CC1. The first-order chi connectivity index (χ1) is 10.1. The molecule has 2 rings (SSSR count). The first-order valence-corrected chi connectivity index (χ1v) is 7.11. The molecule has 1 aliphatic rings. The van der Waals surface area contributed by atoms with E-state index in [1.54, 1.807) is 11.0 Å². The minimum Gasteiger partial charge on any atom is -0.339 e. The van der Waals surface area contributed by atoms with E-state index in [1.165, 1.54) is 12.1 Å². The van der Waals surface area contributed by atoms with E-state index in [1.807, 2.05) is 0 Å². The topological polar surface area (TPSA) is 102 Å². The lowest BCUT2D eigenvalue weighted by Gasteiger charge is -2.31. The maximum Gasteiger partial charge on any atom is 0.294 e. The van der Waals surface area contributed by atoms with Gasteiger partial charge in [-0.1, -0.05) is 13.3 Å². The molecule has 1 heterocycles. The summed E-state index contributed by atoms with van der Waals surface area (Å²) in [6, 6.07) is 4.31.